The number of anilines is 3. The molecule has 0 spiro atoms. The molecule has 0 N–H and O–H groups in total. The van der Waals surface area contributed by atoms with Crippen molar-refractivity contribution in [3.8, 4) is 22.3 Å². The van der Waals surface area contributed by atoms with Crippen LogP contribution in [0.1, 0.15) is 0 Å². The lowest BCUT2D eigenvalue weighted by molar-refractivity contribution is 0.672. The van der Waals surface area contributed by atoms with Gasteiger partial charge >= 0.3 is 0 Å². The van der Waals surface area contributed by atoms with E-state index in [1.165, 1.54) is 38.4 Å². The van der Waals surface area contributed by atoms with E-state index in [1.807, 2.05) is 0 Å². The van der Waals surface area contributed by atoms with Crippen molar-refractivity contribution in [1.29, 1.82) is 0 Å². The quantitative estimate of drug-likeness (QED) is 0.199. The summed E-state index contributed by atoms with van der Waals surface area (Å²) in [6, 6.07) is 62.6. The Labute approximate surface area is 267 Å². The molecule has 46 heavy (non-hydrogen) atoms. The predicted octanol–water partition coefficient (Wildman–Crippen LogP) is 12.7. The predicted molar refractivity (Wildman–Crippen MR) is 194 cm³/mol. The Morgan fingerprint density at radius 3 is 1.83 bits per heavy atom. The molecule has 0 fully saturated rings. The van der Waals surface area contributed by atoms with E-state index in [1.54, 1.807) is 0 Å². The third-order valence-corrected chi connectivity index (χ3v) is 9.03. The molecular formula is C44H29NO. The maximum atomic E-state index is 6.74. The summed E-state index contributed by atoms with van der Waals surface area (Å²) in [6.07, 6.45) is 0. The van der Waals surface area contributed by atoms with Gasteiger partial charge < -0.3 is 9.32 Å². The van der Waals surface area contributed by atoms with Crippen LogP contribution < -0.4 is 4.90 Å². The van der Waals surface area contributed by atoms with Gasteiger partial charge in [0, 0.05) is 22.1 Å². The normalized spacial score (nSPS) is 11.5. The Morgan fingerprint density at radius 2 is 1.02 bits per heavy atom. The lowest BCUT2D eigenvalue weighted by Gasteiger charge is -2.26. The second-order valence-corrected chi connectivity index (χ2v) is 11.7. The van der Waals surface area contributed by atoms with Crippen LogP contribution >= 0.6 is 0 Å². The molecule has 0 radical (unpaired) electrons. The van der Waals surface area contributed by atoms with E-state index in [0.29, 0.717) is 0 Å². The molecule has 2 heteroatoms. The minimum absolute atomic E-state index is 0.871. The molecule has 1 aromatic heterocycles. The zero-order chi connectivity index (χ0) is 30.5. The molecule has 9 aromatic rings. The molecule has 0 bridgehead atoms. The number of benzene rings is 8. The smallest absolute Gasteiger partial charge is 0.143 e. The summed E-state index contributed by atoms with van der Waals surface area (Å²) in [5.74, 6) is 0. The summed E-state index contributed by atoms with van der Waals surface area (Å²) in [5.41, 5.74) is 9.83. The third kappa shape index (κ3) is 4.35. The average molecular weight is 588 g/mol. The summed E-state index contributed by atoms with van der Waals surface area (Å²) in [6.45, 7) is 0. The van der Waals surface area contributed by atoms with Gasteiger partial charge in [-0.1, -0.05) is 127 Å². The van der Waals surface area contributed by atoms with Gasteiger partial charge in [-0.2, -0.15) is 0 Å². The number of fused-ring (bicyclic) bond motifs is 6. The molecule has 1 heterocycles. The van der Waals surface area contributed by atoms with Crippen molar-refractivity contribution >= 4 is 60.5 Å². The van der Waals surface area contributed by atoms with Crippen molar-refractivity contribution in [3.05, 3.63) is 176 Å². The van der Waals surface area contributed by atoms with E-state index in [2.05, 4.69) is 181 Å². The third-order valence-electron chi connectivity index (χ3n) is 9.03. The highest BCUT2D eigenvalue weighted by atomic mass is 16.3. The van der Waals surface area contributed by atoms with Crippen LogP contribution in [0.15, 0.2) is 180 Å². The topological polar surface area (TPSA) is 16.4 Å². The second kappa shape index (κ2) is 10.8. The maximum absolute atomic E-state index is 6.74. The fraction of sp³-hybridized carbons (Fsp3) is 0. The summed E-state index contributed by atoms with van der Waals surface area (Å²) in [7, 11) is 0. The number of para-hydroxylation sites is 1. The molecule has 0 aliphatic rings. The zero-order valence-corrected chi connectivity index (χ0v) is 25.1. The van der Waals surface area contributed by atoms with E-state index < -0.39 is 0 Å². The number of rotatable bonds is 5. The minimum atomic E-state index is 0.871. The number of nitrogens with zero attached hydrogens (tertiary/aromatic N) is 1. The van der Waals surface area contributed by atoms with Crippen LogP contribution in [0.4, 0.5) is 17.1 Å². The van der Waals surface area contributed by atoms with Crippen molar-refractivity contribution in [2.45, 2.75) is 0 Å². The highest BCUT2D eigenvalue weighted by Gasteiger charge is 2.21. The molecule has 216 valence electrons. The van der Waals surface area contributed by atoms with Crippen LogP contribution in [0.2, 0.25) is 0 Å². The largest absolute Gasteiger partial charge is 0.455 e. The van der Waals surface area contributed by atoms with E-state index in [4.69, 9.17) is 4.42 Å². The van der Waals surface area contributed by atoms with Crippen molar-refractivity contribution in [2.75, 3.05) is 4.90 Å². The molecular weight excluding hydrogens is 558 g/mol. The average Bonchev–Trinajstić information content (AvgIpc) is 3.52. The number of hydrogen-bond acceptors (Lipinski definition) is 2. The van der Waals surface area contributed by atoms with E-state index >= 15 is 0 Å². The van der Waals surface area contributed by atoms with Crippen LogP contribution in [-0.2, 0) is 0 Å². The number of hydrogen-bond donors (Lipinski definition) is 0. The van der Waals surface area contributed by atoms with Crippen LogP contribution in [-0.4, -0.2) is 0 Å². The Hall–Kier alpha value is -6.12. The molecule has 0 saturated carbocycles. The van der Waals surface area contributed by atoms with Gasteiger partial charge in [-0.3, -0.25) is 0 Å². The summed E-state index contributed by atoms with van der Waals surface area (Å²) >= 11 is 0. The van der Waals surface area contributed by atoms with Crippen LogP contribution in [0.25, 0.3) is 65.7 Å². The first-order chi connectivity index (χ1) is 22.8. The standard InChI is InChI=1S/C44H29NO/c1-3-12-30(13-4-1)32-24-26-36(27-25-32)45(35-16-5-2-6-17-35)41-20-11-21-42-43(41)40-29-39(37-18-9-10-19-38(37)44(40)46-42)34-23-22-31-14-7-8-15-33(31)28-34/h1-29H. The maximum Gasteiger partial charge on any atom is 0.143 e. The summed E-state index contributed by atoms with van der Waals surface area (Å²) < 4.78 is 6.74. The molecule has 0 aliphatic carbocycles. The lowest BCUT2D eigenvalue weighted by Crippen LogP contribution is -2.10. The van der Waals surface area contributed by atoms with Crippen LogP contribution in [0.3, 0.4) is 0 Å². The molecule has 0 unspecified atom stereocenters. The Kier molecular flexibility index (Phi) is 6.17. The van der Waals surface area contributed by atoms with E-state index in [-0.39, 0.29) is 0 Å². The molecule has 2 nitrogen and oxygen atoms in total. The minimum Gasteiger partial charge on any atom is -0.455 e. The molecule has 0 atom stereocenters. The number of furan rings is 1. The summed E-state index contributed by atoms with van der Waals surface area (Å²) in [4.78, 5) is 2.34. The summed E-state index contributed by atoms with van der Waals surface area (Å²) in [5, 5.41) is 6.97. The Morgan fingerprint density at radius 1 is 0.391 bits per heavy atom. The molecule has 9 rings (SSSR count). The van der Waals surface area contributed by atoms with Gasteiger partial charge in [0.1, 0.15) is 11.2 Å². The first-order valence-corrected chi connectivity index (χ1v) is 15.7. The monoisotopic (exact) mass is 587 g/mol. The highest BCUT2D eigenvalue weighted by Crippen LogP contribution is 2.46. The van der Waals surface area contributed by atoms with Gasteiger partial charge in [-0.05, 0) is 86.9 Å². The van der Waals surface area contributed by atoms with E-state index in [9.17, 15) is 0 Å². The van der Waals surface area contributed by atoms with Crippen molar-refractivity contribution in [2.24, 2.45) is 0 Å². The Balaban J connectivity index is 1.30. The van der Waals surface area contributed by atoms with Crippen LogP contribution in [0, 0.1) is 0 Å². The highest BCUT2D eigenvalue weighted by molar-refractivity contribution is 6.22. The second-order valence-electron chi connectivity index (χ2n) is 11.7. The van der Waals surface area contributed by atoms with E-state index in [0.717, 1.165) is 44.4 Å². The van der Waals surface area contributed by atoms with Gasteiger partial charge in [0.15, 0.2) is 0 Å². The van der Waals surface area contributed by atoms with Crippen LogP contribution in [0.5, 0.6) is 0 Å². The fourth-order valence-electron chi connectivity index (χ4n) is 6.85. The van der Waals surface area contributed by atoms with Crippen molar-refractivity contribution < 1.29 is 4.42 Å². The fourth-order valence-corrected chi connectivity index (χ4v) is 6.85. The zero-order valence-electron chi connectivity index (χ0n) is 25.1. The molecule has 0 aliphatic heterocycles. The van der Waals surface area contributed by atoms with Crippen molar-refractivity contribution in [3.63, 3.8) is 0 Å². The van der Waals surface area contributed by atoms with Crippen molar-refractivity contribution in [1.82, 2.24) is 0 Å². The first kappa shape index (κ1) is 26.3. The van der Waals surface area contributed by atoms with Gasteiger partial charge in [0.25, 0.3) is 0 Å². The van der Waals surface area contributed by atoms with Gasteiger partial charge in [0.2, 0.25) is 0 Å². The lowest BCUT2D eigenvalue weighted by atomic mass is 9.93. The van der Waals surface area contributed by atoms with Gasteiger partial charge in [-0.15, -0.1) is 0 Å². The Bertz CT molecular complexity index is 2510. The molecule has 8 aromatic carbocycles. The van der Waals surface area contributed by atoms with Gasteiger partial charge in [0.05, 0.1) is 11.1 Å². The SMILES string of the molecule is c1ccc(-c2ccc(N(c3ccccc3)c3cccc4oc5c6ccccc6c(-c6ccc7ccccc7c6)cc5c34)cc2)cc1. The molecule has 0 saturated heterocycles. The first-order valence-electron chi connectivity index (χ1n) is 15.7. The molecule has 0 amide bonds. The van der Waals surface area contributed by atoms with Gasteiger partial charge in [-0.25, -0.2) is 0 Å².